The van der Waals surface area contributed by atoms with Crippen LogP contribution in [0.2, 0.25) is 0 Å². The molecular weight excluding hydrogens is 132 g/mol. The van der Waals surface area contributed by atoms with Gasteiger partial charge in [-0.2, -0.15) is 0 Å². The first kappa shape index (κ1) is 9.23. The van der Waals surface area contributed by atoms with Gasteiger partial charge in [-0.15, -0.1) is 0 Å². The van der Waals surface area contributed by atoms with Gasteiger partial charge in [0.1, 0.15) is 5.60 Å². The minimum absolute atomic E-state index is 0.430. The number of rotatable bonds is 1. The molecule has 1 amide bonds. The Morgan fingerprint density at radius 3 is 2.20 bits per heavy atom. The van der Waals surface area contributed by atoms with E-state index >= 15 is 0 Å². The lowest BCUT2D eigenvalue weighted by Gasteiger charge is -2.19. The third-order valence-electron chi connectivity index (χ3n) is 0.626. The Bertz CT molecular complexity index is 117. The molecule has 60 valence electrons. The lowest BCUT2D eigenvalue weighted by Crippen LogP contribution is -2.38. The molecule has 0 aromatic heterocycles. The van der Waals surface area contributed by atoms with Crippen LogP contribution in [0.25, 0.3) is 0 Å². The van der Waals surface area contributed by atoms with Crippen molar-refractivity contribution in [3.05, 3.63) is 0 Å². The molecule has 0 saturated carbocycles. The maximum atomic E-state index is 10.7. The van der Waals surface area contributed by atoms with Crippen LogP contribution in [-0.4, -0.2) is 18.7 Å². The second kappa shape index (κ2) is 3.41. The molecular formula is C6H14N2O2. The van der Waals surface area contributed by atoms with E-state index in [9.17, 15) is 4.79 Å². The number of amides is 1. The Morgan fingerprint density at radius 2 is 1.90 bits per heavy atom. The van der Waals surface area contributed by atoms with Gasteiger partial charge < -0.3 is 4.74 Å². The number of hydrogen-bond donors (Lipinski definition) is 2. The first-order chi connectivity index (χ1) is 4.45. The van der Waals surface area contributed by atoms with Gasteiger partial charge in [-0.25, -0.2) is 10.2 Å². The summed E-state index contributed by atoms with van der Waals surface area (Å²) in [5.41, 5.74) is 4.33. The van der Waals surface area contributed by atoms with Crippen molar-refractivity contribution in [2.75, 3.05) is 7.05 Å². The Hall–Kier alpha value is -0.770. The summed E-state index contributed by atoms with van der Waals surface area (Å²) in [4.78, 5) is 10.7. The molecule has 0 saturated heterocycles. The molecule has 0 aromatic rings. The zero-order valence-corrected chi connectivity index (χ0v) is 6.82. The highest BCUT2D eigenvalue weighted by atomic mass is 16.6. The van der Waals surface area contributed by atoms with Crippen LogP contribution in [0, 0.1) is 0 Å². The molecule has 0 aliphatic heterocycles. The van der Waals surface area contributed by atoms with E-state index in [2.05, 4.69) is 10.9 Å². The molecule has 0 atom stereocenters. The van der Waals surface area contributed by atoms with Crippen molar-refractivity contribution in [3.63, 3.8) is 0 Å². The van der Waals surface area contributed by atoms with Gasteiger partial charge in [0.15, 0.2) is 0 Å². The highest BCUT2D eigenvalue weighted by Gasteiger charge is 2.14. The zero-order chi connectivity index (χ0) is 8.20. The highest BCUT2D eigenvalue weighted by molar-refractivity contribution is 5.66. The quantitative estimate of drug-likeness (QED) is 0.534. The minimum Gasteiger partial charge on any atom is -0.443 e. The molecule has 0 aliphatic rings. The lowest BCUT2D eigenvalue weighted by atomic mass is 10.2. The normalized spacial score (nSPS) is 10.8. The van der Waals surface area contributed by atoms with Gasteiger partial charge >= 0.3 is 6.09 Å². The predicted molar refractivity (Wildman–Crippen MR) is 38.4 cm³/mol. The molecule has 2 N–H and O–H groups in total. The Morgan fingerprint density at radius 1 is 1.40 bits per heavy atom. The Balaban J connectivity index is 3.58. The molecule has 0 heterocycles. The van der Waals surface area contributed by atoms with Gasteiger partial charge in [0.05, 0.1) is 0 Å². The average Bonchev–Trinajstić information content (AvgIpc) is 1.59. The fourth-order valence-corrected chi connectivity index (χ4v) is 0.406. The summed E-state index contributed by atoms with van der Waals surface area (Å²) in [5, 5.41) is 0. The fraction of sp³-hybridized carbons (Fsp3) is 0.833. The summed E-state index contributed by atoms with van der Waals surface area (Å²) in [6.45, 7) is 5.42. The minimum atomic E-state index is -0.463. The van der Waals surface area contributed by atoms with Crippen LogP contribution in [-0.2, 0) is 4.74 Å². The fourth-order valence-electron chi connectivity index (χ4n) is 0.406. The first-order valence-corrected chi connectivity index (χ1v) is 3.11. The molecule has 0 bridgehead atoms. The number of hydrazine groups is 1. The largest absolute Gasteiger partial charge is 0.443 e. The van der Waals surface area contributed by atoms with Crippen molar-refractivity contribution < 1.29 is 9.53 Å². The van der Waals surface area contributed by atoms with Crippen LogP contribution in [0.1, 0.15) is 20.8 Å². The van der Waals surface area contributed by atoms with Crippen LogP contribution < -0.4 is 10.9 Å². The first-order valence-electron chi connectivity index (χ1n) is 3.11. The van der Waals surface area contributed by atoms with Crippen LogP contribution in [0.3, 0.4) is 0 Å². The maximum absolute atomic E-state index is 10.7. The molecule has 0 spiro atoms. The molecule has 0 aliphatic carbocycles. The summed E-state index contributed by atoms with van der Waals surface area (Å²) in [5.74, 6) is 0. The van der Waals surface area contributed by atoms with Crippen molar-refractivity contribution in [1.82, 2.24) is 10.9 Å². The van der Waals surface area contributed by atoms with E-state index < -0.39 is 11.7 Å². The van der Waals surface area contributed by atoms with Crippen LogP contribution in [0.15, 0.2) is 0 Å². The molecule has 0 unspecified atom stereocenters. The van der Waals surface area contributed by atoms with E-state index in [0.717, 1.165) is 0 Å². The van der Waals surface area contributed by atoms with Gasteiger partial charge in [0.25, 0.3) is 0 Å². The third-order valence-corrected chi connectivity index (χ3v) is 0.626. The second-order valence-corrected chi connectivity index (χ2v) is 2.88. The molecule has 0 radical (unpaired) electrons. The smallest absolute Gasteiger partial charge is 0.422 e. The summed E-state index contributed by atoms with van der Waals surface area (Å²) >= 11 is 0. The van der Waals surface area contributed by atoms with Crippen LogP contribution >= 0.6 is 0 Å². The molecule has 10 heavy (non-hydrogen) atoms. The van der Waals surface area contributed by atoms with Gasteiger partial charge in [0, 0.05) is 7.05 Å². The van der Waals surface area contributed by atoms with Gasteiger partial charge in [-0.3, -0.25) is 5.43 Å². The van der Waals surface area contributed by atoms with Crippen LogP contribution in [0.5, 0.6) is 0 Å². The van der Waals surface area contributed by atoms with E-state index in [1.54, 1.807) is 7.05 Å². The Kier molecular flexibility index (Phi) is 3.15. The number of carbonyl (C=O) groups excluding carboxylic acids is 1. The molecule has 0 rings (SSSR count). The number of hydrogen-bond acceptors (Lipinski definition) is 3. The SMILES string of the molecule is CNNC(=O)OC(C)(C)C. The van der Waals surface area contributed by atoms with Gasteiger partial charge in [-0.05, 0) is 20.8 Å². The number of ether oxygens (including phenoxy) is 1. The highest BCUT2D eigenvalue weighted by Crippen LogP contribution is 2.05. The summed E-state index contributed by atoms with van der Waals surface area (Å²) in [6.07, 6.45) is -0.463. The van der Waals surface area contributed by atoms with Gasteiger partial charge in [0.2, 0.25) is 0 Å². The van der Waals surface area contributed by atoms with Crippen LogP contribution in [0.4, 0.5) is 4.79 Å². The average molecular weight is 146 g/mol. The van der Waals surface area contributed by atoms with Crippen molar-refractivity contribution >= 4 is 6.09 Å². The standard InChI is InChI=1S/C6H14N2O2/c1-6(2,3)10-5(9)8-7-4/h7H,1-4H3,(H,8,9). The van der Waals surface area contributed by atoms with Gasteiger partial charge in [-0.1, -0.05) is 0 Å². The van der Waals surface area contributed by atoms with Crippen molar-refractivity contribution in [2.45, 2.75) is 26.4 Å². The monoisotopic (exact) mass is 146 g/mol. The molecule has 4 heteroatoms. The molecule has 4 nitrogen and oxygen atoms in total. The van der Waals surface area contributed by atoms with Crippen molar-refractivity contribution in [1.29, 1.82) is 0 Å². The lowest BCUT2D eigenvalue weighted by molar-refractivity contribution is 0.0505. The molecule has 0 aromatic carbocycles. The van der Waals surface area contributed by atoms with E-state index in [4.69, 9.17) is 4.74 Å². The topological polar surface area (TPSA) is 50.4 Å². The van der Waals surface area contributed by atoms with Crippen molar-refractivity contribution in [2.24, 2.45) is 0 Å². The van der Waals surface area contributed by atoms with E-state index in [1.807, 2.05) is 20.8 Å². The summed E-state index contributed by atoms with van der Waals surface area (Å²) < 4.78 is 4.87. The van der Waals surface area contributed by atoms with E-state index in [1.165, 1.54) is 0 Å². The maximum Gasteiger partial charge on any atom is 0.422 e. The number of carbonyl (C=O) groups is 1. The Labute approximate surface area is 60.9 Å². The zero-order valence-electron chi connectivity index (χ0n) is 6.82. The summed E-state index contributed by atoms with van der Waals surface area (Å²) in [6, 6.07) is 0. The van der Waals surface area contributed by atoms with E-state index in [-0.39, 0.29) is 0 Å². The predicted octanol–water partition coefficient (Wildman–Crippen LogP) is 0.645. The van der Waals surface area contributed by atoms with Crippen molar-refractivity contribution in [3.8, 4) is 0 Å². The summed E-state index contributed by atoms with van der Waals surface area (Å²) in [7, 11) is 1.60. The second-order valence-electron chi connectivity index (χ2n) is 2.88. The van der Waals surface area contributed by atoms with E-state index in [0.29, 0.717) is 0 Å². The third kappa shape index (κ3) is 5.37. The molecule has 0 fully saturated rings. The number of nitrogens with one attached hydrogen (secondary N) is 2.